The normalized spacial score (nSPS) is 42.5. The van der Waals surface area contributed by atoms with Crippen molar-refractivity contribution in [1.29, 1.82) is 5.41 Å². The monoisotopic (exact) mass is 894 g/mol. The zero-order valence-corrected chi connectivity index (χ0v) is 32.0. The van der Waals surface area contributed by atoms with E-state index in [9.17, 15) is 71.2 Å². The summed E-state index contributed by atoms with van der Waals surface area (Å²) in [7, 11) is 0. The SMILES string of the molecule is Cl.N=C(N)NCCCC(N)C(=O)O.OC[C@H]1O[C@@H](O[C@H]2[C@H](O)[C@@H](O)[C@H](O)O[C@@H]2CO)[C@H](O)[C@@H](O)[C@H]1O.OC[C@H]1O[C@@](CO)(O[C@H]2O[C@H](CO)[C@@H](O)[C@H](O)[C@H]2O)[C@@H](O)[C@@H]1O. The van der Waals surface area contributed by atoms with Crippen molar-refractivity contribution in [3.05, 3.63) is 0 Å². The molecule has 0 aromatic heterocycles. The molecule has 0 saturated carbocycles. The van der Waals surface area contributed by atoms with Gasteiger partial charge < -0.3 is 132 Å². The molecule has 4 rings (SSSR count). The smallest absolute Gasteiger partial charge is 0.320 e. The fourth-order valence-electron chi connectivity index (χ4n) is 5.87. The minimum Gasteiger partial charge on any atom is -0.480 e. The Kier molecular flexibility index (Phi) is 23.6. The molecule has 4 heterocycles. The molecule has 0 bridgehead atoms. The summed E-state index contributed by atoms with van der Waals surface area (Å²) >= 11 is 0. The molecule has 1 unspecified atom stereocenters. The first-order valence-electron chi connectivity index (χ1n) is 17.7. The highest BCUT2D eigenvalue weighted by atomic mass is 35.5. The molecule has 4 aliphatic rings. The molecule has 4 fully saturated rings. The van der Waals surface area contributed by atoms with Crippen LogP contribution in [0.3, 0.4) is 0 Å². The molecule has 23 N–H and O–H groups in total. The number of guanidine groups is 1. The van der Waals surface area contributed by atoms with Crippen LogP contribution >= 0.6 is 12.4 Å². The molecule has 20 atom stereocenters. The van der Waals surface area contributed by atoms with Gasteiger partial charge in [0.1, 0.15) is 104 Å². The summed E-state index contributed by atoms with van der Waals surface area (Å²) in [5.74, 6) is -3.34. The molecule has 0 aliphatic carbocycles. The van der Waals surface area contributed by atoms with Gasteiger partial charge in [0.05, 0.1) is 26.4 Å². The Hall–Kier alpha value is -1.89. The maximum absolute atomic E-state index is 10.2. The molecule has 28 nitrogen and oxygen atoms in total. The van der Waals surface area contributed by atoms with Crippen molar-refractivity contribution in [1.82, 2.24) is 5.32 Å². The minimum absolute atomic E-state index is 0. The number of aliphatic hydroxyl groups excluding tert-OH is 16. The summed E-state index contributed by atoms with van der Waals surface area (Å²) in [6, 6.07) is -0.821. The number of nitrogens with two attached hydrogens (primary N) is 2. The Morgan fingerprint density at radius 2 is 1.17 bits per heavy atom. The fourth-order valence-corrected chi connectivity index (χ4v) is 5.87. The molecule has 4 saturated heterocycles. The lowest BCUT2D eigenvalue weighted by molar-refractivity contribution is -0.383. The Morgan fingerprint density at radius 3 is 1.61 bits per heavy atom. The summed E-state index contributed by atoms with van der Waals surface area (Å²) in [5.41, 5.74) is 10.2. The van der Waals surface area contributed by atoms with Crippen LogP contribution in [-0.4, -0.2) is 261 Å². The summed E-state index contributed by atoms with van der Waals surface area (Å²) in [6.07, 6.45) is -27.2. The topological polar surface area (TPSA) is 504 Å². The standard InChI is InChI=1S/2C12H22O11.C6H14N4O2.ClH/c13-1-4-6(16)8(18)9(19)11(21-4)23-12(3-15)10(20)7(17)5(2-14)22-12;13-1-3-5(15)6(16)9(19)12(22-3)23-10-4(2-14)21-11(20)8(18)7(10)17;7-4(5(11)12)2-1-3-10-6(8)9;/h4-11,13-20H,1-3H2;3-20H,1-2H2;4H,1-3,7H2,(H,11,12)(H4,8,9,10);1H/t4-,5-,6-,7-,8+,9-,10+,11-,12+;3-,4-,5+,6+,7-,8-,9-,10-,11-,12+;;/m11../s1. The van der Waals surface area contributed by atoms with Gasteiger partial charge in [0.2, 0.25) is 5.79 Å². The highest BCUT2D eigenvalue weighted by Crippen LogP contribution is 2.36. The van der Waals surface area contributed by atoms with E-state index in [1.165, 1.54) is 0 Å². The third-order valence-electron chi connectivity index (χ3n) is 9.37. The van der Waals surface area contributed by atoms with Crippen molar-refractivity contribution < 1.29 is 120 Å². The van der Waals surface area contributed by atoms with Crippen LogP contribution < -0.4 is 16.8 Å². The van der Waals surface area contributed by atoms with Crippen molar-refractivity contribution in [2.75, 3.05) is 39.6 Å². The number of ether oxygens (including phenoxy) is 6. The van der Waals surface area contributed by atoms with E-state index >= 15 is 0 Å². The lowest BCUT2D eigenvalue weighted by atomic mass is 9.97. The van der Waals surface area contributed by atoms with Crippen LogP contribution in [0.2, 0.25) is 0 Å². The summed E-state index contributed by atoms with van der Waals surface area (Å²) in [5, 5.41) is 171. The summed E-state index contributed by atoms with van der Waals surface area (Å²) < 4.78 is 30.7. The predicted molar refractivity (Wildman–Crippen MR) is 189 cm³/mol. The first-order chi connectivity index (χ1) is 27.2. The van der Waals surface area contributed by atoms with Crippen LogP contribution in [0.25, 0.3) is 0 Å². The van der Waals surface area contributed by atoms with Gasteiger partial charge in [-0.2, -0.15) is 0 Å². The van der Waals surface area contributed by atoms with Crippen LogP contribution in [0.1, 0.15) is 12.8 Å². The molecule has 59 heavy (non-hydrogen) atoms. The number of hydrogen-bond acceptors (Lipinski definition) is 25. The maximum Gasteiger partial charge on any atom is 0.320 e. The van der Waals surface area contributed by atoms with Gasteiger partial charge in [-0.15, -0.1) is 12.4 Å². The third-order valence-corrected chi connectivity index (χ3v) is 9.37. The molecule has 29 heteroatoms. The van der Waals surface area contributed by atoms with E-state index in [2.05, 4.69) is 5.32 Å². The van der Waals surface area contributed by atoms with Gasteiger partial charge in [-0.3, -0.25) is 10.2 Å². The van der Waals surface area contributed by atoms with Crippen molar-refractivity contribution >= 4 is 24.3 Å². The van der Waals surface area contributed by atoms with E-state index in [1.807, 2.05) is 0 Å². The molecule has 0 radical (unpaired) electrons. The highest BCUT2D eigenvalue weighted by Gasteiger charge is 2.58. The number of carbonyl (C=O) groups is 1. The van der Waals surface area contributed by atoms with Crippen molar-refractivity contribution in [3.8, 4) is 0 Å². The van der Waals surface area contributed by atoms with Crippen LogP contribution in [-0.2, 0) is 33.2 Å². The number of rotatable bonds is 14. The van der Waals surface area contributed by atoms with Crippen LogP contribution in [0, 0.1) is 5.41 Å². The van der Waals surface area contributed by atoms with E-state index in [0.717, 1.165) is 0 Å². The molecule has 0 amide bonds. The molecule has 350 valence electrons. The van der Waals surface area contributed by atoms with Gasteiger partial charge >= 0.3 is 5.97 Å². The average molecular weight is 895 g/mol. The van der Waals surface area contributed by atoms with Crippen LogP contribution in [0.4, 0.5) is 0 Å². The molecule has 0 spiro atoms. The first kappa shape index (κ1) is 55.1. The molecule has 4 aliphatic heterocycles. The Bertz CT molecular complexity index is 1240. The summed E-state index contributed by atoms with van der Waals surface area (Å²) in [4.78, 5) is 10.2. The first-order valence-corrected chi connectivity index (χ1v) is 17.7. The lowest BCUT2D eigenvalue weighted by Crippen LogP contribution is -2.64. The maximum atomic E-state index is 10.2. The van der Waals surface area contributed by atoms with E-state index < -0.39 is 161 Å². The number of carboxylic acid groups (broad SMARTS) is 1. The number of carboxylic acids is 1. The predicted octanol–water partition coefficient (Wildman–Crippen LogP) is -11.7. The van der Waals surface area contributed by atoms with Crippen molar-refractivity contribution in [2.24, 2.45) is 11.5 Å². The number of halogens is 1. The molecular formula is C30H59ClN4O24. The largest absolute Gasteiger partial charge is 0.480 e. The second-order valence-corrected chi connectivity index (χ2v) is 13.5. The zero-order chi connectivity index (χ0) is 44.2. The van der Waals surface area contributed by atoms with Gasteiger partial charge in [-0.1, -0.05) is 0 Å². The van der Waals surface area contributed by atoms with Crippen molar-refractivity contribution in [2.45, 2.75) is 135 Å². The van der Waals surface area contributed by atoms with E-state index in [0.29, 0.717) is 19.4 Å². The van der Waals surface area contributed by atoms with Gasteiger partial charge in [-0.25, -0.2) is 0 Å². The second kappa shape index (κ2) is 25.3. The minimum atomic E-state index is -2.22. The third kappa shape index (κ3) is 14.1. The molecule has 0 aromatic rings. The quantitative estimate of drug-likeness (QED) is 0.0437. The van der Waals surface area contributed by atoms with Crippen LogP contribution in [0.15, 0.2) is 0 Å². The number of aliphatic carboxylic acids is 1. The zero-order valence-electron chi connectivity index (χ0n) is 31.1. The Labute approximate surface area is 341 Å². The lowest BCUT2D eigenvalue weighted by Gasteiger charge is -2.45. The fraction of sp³-hybridized carbons (Fsp3) is 0.933. The Balaban J connectivity index is 0.000000462. The number of nitrogens with one attached hydrogen (secondary N) is 2. The number of aliphatic hydroxyl groups is 16. The van der Waals surface area contributed by atoms with E-state index in [-0.39, 0.29) is 18.4 Å². The number of hydrogen-bond donors (Lipinski definition) is 21. The Morgan fingerprint density at radius 1 is 0.678 bits per heavy atom. The van der Waals surface area contributed by atoms with Crippen LogP contribution in [0.5, 0.6) is 0 Å². The van der Waals surface area contributed by atoms with Gasteiger partial charge in [0.15, 0.2) is 24.8 Å². The molecular weight excluding hydrogens is 836 g/mol. The van der Waals surface area contributed by atoms with E-state index in [4.69, 9.17) is 65.7 Å². The van der Waals surface area contributed by atoms with Gasteiger partial charge in [0, 0.05) is 6.54 Å². The average Bonchev–Trinajstić information content (AvgIpc) is 3.44. The van der Waals surface area contributed by atoms with E-state index in [1.54, 1.807) is 0 Å². The molecule has 0 aromatic carbocycles. The van der Waals surface area contributed by atoms with Crippen molar-refractivity contribution in [3.63, 3.8) is 0 Å². The highest BCUT2D eigenvalue weighted by molar-refractivity contribution is 5.85. The van der Waals surface area contributed by atoms with Gasteiger partial charge in [-0.05, 0) is 12.8 Å². The van der Waals surface area contributed by atoms with Gasteiger partial charge in [0.25, 0.3) is 0 Å². The second-order valence-electron chi connectivity index (χ2n) is 13.5. The summed E-state index contributed by atoms with van der Waals surface area (Å²) in [6.45, 7) is -3.18.